The topological polar surface area (TPSA) is 3.24 Å². The van der Waals surface area contributed by atoms with Gasteiger partial charge >= 0.3 is 0 Å². The van der Waals surface area contributed by atoms with Crippen molar-refractivity contribution in [3.05, 3.63) is 259 Å². The summed E-state index contributed by atoms with van der Waals surface area (Å²) in [5.41, 5.74) is 26.3. The molecule has 2 aliphatic rings. The summed E-state index contributed by atoms with van der Waals surface area (Å²) in [7, 11) is 0. The first kappa shape index (κ1) is 40.5. The molecule has 0 amide bonds. The highest BCUT2D eigenvalue weighted by Gasteiger charge is 2.38. The Hall–Kier alpha value is -8.00. The molecule has 10 aromatic carbocycles. The molecule has 0 radical (unpaired) electrons. The fourth-order valence-corrected chi connectivity index (χ4v) is 11.3. The van der Waals surface area contributed by atoms with E-state index in [1.165, 1.54) is 100 Å². The number of nitrogens with zero attached hydrogens (tertiary/aromatic N) is 1. The highest BCUT2D eigenvalue weighted by Crippen LogP contribution is 2.53. The van der Waals surface area contributed by atoms with Crippen molar-refractivity contribution in [2.45, 2.75) is 38.5 Å². The van der Waals surface area contributed by atoms with Gasteiger partial charge in [0, 0.05) is 27.9 Å². The van der Waals surface area contributed by atoms with E-state index in [0.717, 1.165) is 17.1 Å². The van der Waals surface area contributed by atoms with E-state index in [0.29, 0.717) is 0 Å². The highest BCUT2D eigenvalue weighted by atomic mass is 15.1. The molecule has 320 valence electrons. The van der Waals surface area contributed by atoms with E-state index in [-0.39, 0.29) is 10.8 Å². The molecule has 12 rings (SSSR count). The van der Waals surface area contributed by atoms with Crippen molar-refractivity contribution >= 4 is 17.1 Å². The number of benzene rings is 10. The third-order valence-corrected chi connectivity index (χ3v) is 14.7. The predicted molar refractivity (Wildman–Crippen MR) is 283 cm³/mol. The van der Waals surface area contributed by atoms with Crippen molar-refractivity contribution in [3.63, 3.8) is 0 Å². The van der Waals surface area contributed by atoms with Crippen LogP contribution in [0, 0.1) is 0 Å². The Bertz CT molecular complexity index is 3460. The van der Waals surface area contributed by atoms with E-state index < -0.39 is 0 Å². The monoisotopic (exact) mass is 857 g/mol. The lowest BCUT2D eigenvalue weighted by molar-refractivity contribution is 0.660. The van der Waals surface area contributed by atoms with Gasteiger partial charge in [-0.25, -0.2) is 0 Å². The number of hydrogen-bond donors (Lipinski definition) is 0. The van der Waals surface area contributed by atoms with E-state index >= 15 is 0 Å². The lowest BCUT2D eigenvalue weighted by Crippen LogP contribution is -2.16. The molecule has 0 aromatic heterocycles. The highest BCUT2D eigenvalue weighted by molar-refractivity contribution is 5.93. The molecule has 2 aliphatic carbocycles. The Morgan fingerprint density at radius 3 is 1.16 bits per heavy atom. The fraction of sp³-hybridized carbons (Fsp3) is 0.0909. The van der Waals surface area contributed by atoms with Crippen LogP contribution in [0.3, 0.4) is 0 Å². The summed E-state index contributed by atoms with van der Waals surface area (Å²) in [5, 5.41) is 0. The van der Waals surface area contributed by atoms with Crippen molar-refractivity contribution in [2.75, 3.05) is 4.90 Å². The lowest BCUT2D eigenvalue weighted by atomic mass is 9.78. The second kappa shape index (κ2) is 15.9. The zero-order chi connectivity index (χ0) is 45.3. The molecule has 0 aliphatic heterocycles. The largest absolute Gasteiger partial charge is 0.311 e. The van der Waals surface area contributed by atoms with Crippen molar-refractivity contribution in [1.29, 1.82) is 0 Å². The molecular formula is C66H51N. The van der Waals surface area contributed by atoms with Crippen LogP contribution in [0.4, 0.5) is 17.1 Å². The van der Waals surface area contributed by atoms with Gasteiger partial charge in [-0.3, -0.25) is 0 Å². The fourth-order valence-electron chi connectivity index (χ4n) is 11.3. The van der Waals surface area contributed by atoms with Crippen LogP contribution in [-0.2, 0) is 10.8 Å². The smallest absolute Gasteiger partial charge is 0.0462 e. The molecule has 1 nitrogen and oxygen atoms in total. The maximum absolute atomic E-state index is 2.41. The molecule has 0 bridgehead atoms. The lowest BCUT2D eigenvalue weighted by Gasteiger charge is -2.27. The van der Waals surface area contributed by atoms with Gasteiger partial charge in [0.2, 0.25) is 0 Å². The molecule has 10 aromatic rings. The van der Waals surface area contributed by atoms with Crippen molar-refractivity contribution in [1.82, 2.24) is 0 Å². The number of rotatable bonds is 8. The molecular weight excluding hydrogens is 807 g/mol. The first-order valence-corrected chi connectivity index (χ1v) is 23.6. The van der Waals surface area contributed by atoms with Gasteiger partial charge in [-0.1, -0.05) is 222 Å². The van der Waals surface area contributed by atoms with E-state index in [2.05, 4.69) is 269 Å². The Balaban J connectivity index is 0.907. The predicted octanol–water partition coefficient (Wildman–Crippen LogP) is 18.1. The van der Waals surface area contributed by atoms with Gasteiger partial charge in [0.15, 0.2) is 0 Å². The standard InChI is InChI=1S/C66H51N/c1-65(2)61-23-12-10-19-56(61)58-42-35-50(43-63(58)65)48-31-38-52(39-32-48)67(51-36-29-47(30-37-51)46-27-25-45(26-28-46)44-15-6-5-7-16-44)53-40-33-49(34-41-53)54-17-8-9-18-55(54)59-21-14-22-60-57-20-11-13-24-62(57)66(3,4)64(59)60/h5-43H,1-4H3. The normalized spacial score (nSPS) is 13.6. The molecule has 0 unspecified atom stereocenters. The van der Waals surface area contributed by atoms with Crippen molar-refractivity contribution in [3.8, 4) is 77.9 Å². The second-order valence-corrected chi connectivity index (χ2v) is 19.3. The summed E-state index contributed by atoms with van der Waals surface area (Å²) >= 11 is 0. The molecule has 0 N–H and O–H groups in total. The molecule has 67 heavy (non-hydrogen) atoms. The molecule has 1 heteroatoms. The average Bonchev–Trinajstić information content (AvgIpc) is 3.76. The Morgan fingerprint density at radius 2 is 0.597 bits per heavy atom. The van der Waals surface area contributed by atoms with Gasteiger partial charge in [-0.15, -0.1) is 0 Å². The van der Waals surface area contributed by atoms with Crippen LogP contribution in [-0.4, -0.2) is 0 Å². The van der Waals surface area contributed by atoms with Crippen LogP contribution < -0.4 is 4.90 Å². The van der Waals surface area contributed by atoms with Gasteiger partial charge in [0.1, 0.15) is 0 Å². The number of anilines is 3. The molecule has 0 atom stereocenters. The van der Waals surface area contributed by atoms with Gasteiger partial charge < -0.3 is 4.90 Å². The van der Waals surface area contributed by atoms with Gasteiger partial charge in [-0.05, 0) is 143 Å². The summed E-state index contributed by atoms with van der Waals surface area (Å²) in [6, 6.07) is 87.3. The summed E-state index contributed by atoms with van der Waals surface area (Å²) in [6.07, 6.45) is 0. The minimum absolute atomic E-state index is 0.0506. The number of fused-ring (bicyclic) bond motifs is 6. The molecule has 0 spiro atoms. The molecule has 0 fully saturated rings. The third-order valence-electron chi connectivity index (χ3n) is 14.7. The minimum atomic E-state index is -0.111. The Labute approximate surface area is 395 Å². The third kappa shape index (κ3) is 6.76. The molecule has 0 saturated carbocycles. The van der Waals surface area contributed by atoms with E-state index in [1.807, 2.05) is 0 Å². The van der Waals surface area contributed by atoms with Gasteiger partial charge in [0.25, 0.3) is 0 Å². The van der Waals surface area contributed by atoms with Gasteiger partial charge in [-0.2, -0.15) is 0 Å². The Morgan fingerprint density at radius 1 is 0.239 bits per heavy atom. The van der Waals surface area contributed by atoms with Gasteiger partial charge in [0.05, 0.1) is 0 Å². The second-order valence-electron chi connectivity index (χ2n) is 19.3. The zero-order valence-electron chi connectivity index (χ0n) is 38.5. The zero-order valence-corrected chi connectivity index (χ0v) is 38.5. The SMILES string of the molecule is CC1(C)c2ccccc2-c2ccc(-c3ccc(N(c4ccc(-c5ccc(-c6ccccc6)cc5)cc4)c4ccc(-c5ccccc5-c5cccc6c5C(C)(C)c5ccccc5-6)cc4)cc3)cc21. The summed E-state index contributed by atoms with van der Waals surface area (Å²) in [6.45, 7) is 9.45. The Kier molecular flexibility index (Phi) is 9.59. The maximum Gasteiger partial charge on any atom is 0.0462 e. The van der Waals surface area contributed by atoms with Crippen LogP contribution in [0.15, 0.2) is 237 Å². The van der Waals surface area contributed by atoms with Crippen LogP contribution in [0.5, 0.6) is 0 Å². The van der Waals surface area contributed by atoms with Crippen LogP contribution in [0.25, 0.3) is 77.9 Å². The summed E-state index contributed by atoms with van der Waals surface area (Å²) < 4.78 is 0. The molecule has 0 saturated heterocycles. The number of hydrogen-bond acceptors (Lipinski definition) is 1. The van der Waals surface area contributed by atoms with Crippen molar-refractivity contribution in [2.24, 2.45) is 0 Å². The van der Waals surface area contributed by atoms with E-state index in [4.69, 9.17) is 0 Å². The quantitative estimate of drug-likeness (QED) is 0.147. The minimum Gasteiger partial charge on any atom is -0.311 e. The van der Waals surface area contributed by atoms with Crippen LogP contribution in [0.1, 0.15) is 49.9 Å². The van der Waals surface area contributed by atoms with Crippen LogP contribution in [0.2, 0.25) is 0 Å². The summed E-state index contributed by atoms with van der Waals surface area (Å²) in [4.78, 5) is 2.38. The first-order valence-electron chi connectivity index (χ1n) is 23.6. The van der Waals surface area contributed by atoms with Crippen LogP contribution >= 0.6 is 0 Å². The maximum atomic E-state index is 2.41. The first-order chi connectivity index (χ1) is 32.7. The average molecular weight is 858 g/mol. The summed E-state index contributed by atoms with van der Waals surface area (Å²) in [5.74, 6) is 0. The van der Waals surface area contributed by atoms with E-state index in [1.54, 1.807) is 0 Å². The molecule has 0 heterocycles. The van der Waals surface area contributed by atoms with E-state index in [9.17, 15) is 0 Å². The van der Waals surface area contributed by atoms with Crippen molar-refractivity contribution < 1.29 is 0 Å².